The zero-order chi connectivity index (χ0) is 28.9. The second-order valence-corrected chi connectivity index (χ2v) is 10.7. The van der Waals surface area contributed by atoms with Crippen molar-refractivity contribution in [2.45, 2.75) is 33.2 Å². The van der Waals surface area contributed by atoms with Crippen molar-refractivity contribution in [1.29, 1.82) is 0 Å². The van der Waals surface area contributed by atoms with E-state index in [2.05, 4.69) is 46.2 Å². The first-order chi connectivity index (χ1) is 19.7. The quantitative estimate of drug-likeness (QED) is 0.305. The van der Waals surface area contributed by atoms with Crippen LogP contribution in [0.5, 0.6) is 0 Å². The lowest BCUT2D eigenvalue weighted by atomic mass is 9.94. The van der Waals surface area contributed by atoms with Gasteiger partial charge in [-0.15, -0.1) is 0 Å². The molecule has 2 heterocycles. The number of nitrogens with zero attached hydrogens (tertiary/aromatic N) is 4. The van der Waals surface area contributed by atoms with Crippen LogP contribution in [0.2, 0.25) is 0 Å². The standard InChI is InChI=1S/C32H33FN4O4/c1-21-3-7-23(8-4-21)20-36-13-15-37(16-14-36)29(38)19-26(32(39)40)17-24-9-12-27(28(33)18-24)30-34-31(41-35-30)25-10-5-22(2)6-11-25/h3-12,18,26H,13-17,19-20H2,1-2H3,(H,39,40). The number of benzene rings is 3. The second-order valence-electron chi connectivity index (χ2n) is 10.7. The lowest BCUT2D eigenvalue weighted by molar-refractivity contribution is -0.146. The van der Waals surface area contributed by atoms with Crippen molar-refractivity contribution < 1.29 is 23.6 Å². The number of hydrogen-bond acceptors (Lipinski definition) is 6. The Morgan fingerprint density at radius 2 is 1.56 bits per heavy atom. The Morgan fingerprint density at radius 1 is 0.927 bits per heavy atom. The highest BCUT2D eigenvalue weighted by Crippen LogP contribution is 2.26. The monoisotopic (exact) mass is 556 g/mol. The van der Waals surface area contributed by atoms with E-state index in [0.29, 0.717) is 18.7 Å². The van der Waals surface area contributed by atoms with Crippen molar-refractivity contribution in [2.75, 3.05) is 26.2 Å². The van der Waals surface area contributed by atoms with Gasteiger partial charge in [0.1, 0.15) is 5.82 Å². The summed E-state index contributed by atoms with van der Waals surface area (Å²) < 4.78 is 20.4. The first-order valence-electron chi connectivity index (χ1n) is 13.7. The van der Waals surface area contributed by atoms with Crippen LogP contribution in [-0.2, 0) is 22.6 Å². The van der Waals surface area contributed by atoms with Gasteiger partial charge in [0.15, 0.2) is 0 Å². The molecule has 0 bridgehead atoms. The van der Waals surface area contributed by atoms with Gasteiger partial charge in [-0.2, -0.15) is 4.98 Å². The molecule has 1 N–H and O–H groups in total. The van der Waals surface area contributed by atoms with Gasteiger partial charge in [-0.25, -0.2) is 4.39 Å². The van der Waals surface area contributed by atoms with E-state index in [0.717, 1.165) is 30.8 Å². The number of aryl methyl sites for hydroxylation is 2. The van der Waals surface area contributed by atoms with Crippen molar-refractivity contribution in [2.24, 2.45) is 5.92 Å². The van der Waals surface area contributed by atoms with Gasteiger partial charge in [0.05, 0.1) is 11.5 Å². The fraction of sp³-hybridized carbons (Fsp3) is 0.312. The molecule has 3 aromatic carbocycles. The highest BCUT2D eigenvalue weighted by Gasteiger charge is 2.27. The smallest absolute Gasteiger partial charge is 0.307 e. The van der Waals surface area contributed by atoms with E-state index in [1.807, 2.05) is 31.2 Å². The molecular formula is C32H33FN4O4. The predicted molar refractivity (Wildman–Crippen MR) is 152 cm³/mol. The molecule has 0 spiro atoms. The van der Waals surface area contributed by atoms with E-state index in [9.17, 15) is 14.7 Å². The van der Waals surface area contributed by atoms with Gasteiger partial charge in [0.2, 0.25) is 11.7 Å². The molecule has 1 aromatic heterocycles. The van der Waals surface area contributed by atoms with Crippen LogP contribution in [0.25, 0.3) is 22.8 Å². The number of piperazine rings is 1. The van der Waals surface area contributed by atoms with Crippen LogP contribution in [0.1, 0.15) is 28.7 Å². The molecule has 1 atom stereocenters. The summed E-state index contributed by atoms with van der Waals surface area (Å²) >= 11 is 0. The van der Waals surface area contributed by atoms with E-state index in [-0.39, 0.29) is 36.0 Å². The number of carboxylic acid groups (broad SMARTS) is 1. The summed E-state index contributed by atoms with van der Waals surface area (Å²) in [6.07, 6.45) is -0.103. The maximum absolute atomic E-state index is 15.1. The van der Waals surface area contributed by atoms with Gasteiger partial charge in [-0.05, 0) is 55.7 Å². The van der Waals surface area contributed by atoms with Crippen LogP contribution in [-0.4, -0.2) is 63.1 Å². The zero-order valence-electron chi connectivity index (χ0n) is 23.2. The van der Waals surface area contributed by atoms with Crippen LogP contribution in [0, 0.1) is 25.6 Å². The summed E-state index contributed by atoms with van der Waals surface area (Å²) in [6, 6.07) is 20.4. The third-order valence-electron chi connectivity index (χ3n) is 7.50. The normalized spacial score (nSPS) is 14.7. The van der Waals surface area contributed by atoms with E-state index < -0.39 is 17.7 Å². The van der Waals surface area contributed by atoms with Crippen LogP contribution in [0.15, 0.2) is 71.3 Å². The number of carboxylic acids is 1. The number of rotatable bonds is 9. The van der Waals surface area contributed by atoms with Crippen LogP contribution < -0.4 is 0 Å². The number of hydrogen-bond donors (Lipinski definition) is 1. The summed E-state index contributed by atoms with van der Waals surface area (Å²) in [7, 11) is 0. The Labute approximate surface area is 238 Å². The first-order valence-corrected chi connectivity index (χ1v) is 13.7. The fourth-order valence-electron chi connectivity index (χ4n) is 4.99. The Balaban J connectivity index is 1.17. The Hall–Kier alpha value is -4.37. The lowest BCUT2D eigenvalue weighted by Crippen LogP contribution is -2.48. The highest BCUT2D eigenvalue weighted by molar-refractivity contribution is 5.82. The van der Waals surface area contributed by atoms with Crippen LogP contribution in [0.4, 0.5) is 4.39 Å². The van der Waals surface area contributed by atoms with E-state index in [4.69, 9.17) is 4.52 Å². The van der Waals surface area contributed by atoms with Crippen molar-refractivity contribution in [1.82, 2.24) is 19.9 Å². The van der Waals surface area contributed by atoms with Gasteiger partial charge in [-0.3, -0.25) is 14.5 Å². The fourth-order valence-corrected chi connectivity index (χ4v) is 4.99. The molecule has 0 saturated carbocycles. The first kappa shape index (κ1) is 28.2. The van der Waals surface area contributed by atoms with E-state index in [1.165, 1.54) is 23.3 Å². The number of carbonyl (C=O) groups is 2. The van der Waals surface area contributed by atoms with Crippen LogP contribution >= 0.6 is 0 Å². The van der Waals surface area contributed by atoms with Gasteiger partial charge in [0.25, 0.3) is 5.89 Å². The van der Waals surface area contributed by atoms with Crippen molar-refractivity contribution >= 4 is 11.9 Å². The molecule has 41 heavy (non-hydrogen) atoms. The average Bonchev–Trinajstić information content (AvgIpc) is 3.44. The number of carbonyl (C=O) groups excluding carboxylic acids is 1. The van der Waals surface area contributed by atoms with Crippen molar-refractivity contribution in [3.05, 3.63) is 94.8 Å². The lowest BCUT2D eigenvalue weighted by Gasteiger charge is -2.35. The predicted octanol–water partition coefficient (Wildman–Crippen LogP) is 5.14. The minimum atomic E-state index is -1.08. The summed E-state index contributed by atoms with van der Waals surface area (Å²) in [6.45, 7) is 7.41. The van der Waals surface area contributed by atoms with Gasteiger partial charge in [-0.1, -0.05) is 58.7 Å². The van der Waals surface area contributed by atoms with Gasteiger partial charge in [0, 0.05) is 44.7 Å². The largest absolute Gasteiger partial charge is 0.481 e. The maximum Gasteiger partial charge on any atom is 0.307 e. The molecular weight excluding hydrogens is 523 g/mol. The molecule has 1 aliphatic heterocycles. The van der Waals surface area contributed by atoms with E-state index in [1.54, 1.807) is 11.0 Å². The average molecular weight is 557 g/mol. The molecule has 1 saturated heterocycles. The molecule has 4 aromatic rings. The SMILES string of the molecule is Cc1ccc(CN2CCN(C(=O)CC(Cc3ccc(-c4noc(-c5ccc(C)cc5)n4)c(F)c3)C(=O)O)CC2)cc1. The zero-order valence-corrected chi connectivity index (χ0v) is 23.2. The molecule has 0 aliphatic carbocycles. The summed E-state index contributed by atoms with van der Waals surface area (Å²) in [5.41, 5.74) is 4.90. The Kier molecular flexibility index (Phi) is 8.54. The minimum absolute atomic E-state index is 0.0342. The molecule has 5 rings (SSSR count). The highest BCUT2D eigenvalue weighted by atomic mass is 19.1. The molecule has 0 radical (unpaired) electrons. The van der Waals surface area contributed by atoms with Crippen LogP contribution in [0.3, 0.4) is 0 Å². The minimum Gasteiger partial charge on any atom is -0.481 e. The summed E-state index contributed by atoms with van der Waals surface area (Å²) in [5.74, 6) is -2.43. The van der Waals surface area contributed by atoms with E-state index >= 15 is 4.39 Å². The molecule has 9 heteroatoms. The third-order valence-corrected chi connectivity index (χ3v) is 7.50. The molecule has 8 nitrogen and oxygen atoms in total. The molecule has 1 unspecified atom stereocenters. The maximum atomic E-state index is 15.1. The van der Waals surface area contributed by atoms with Gasteiger partial charge < -0.3 is 14.5 Å². The Bertz CT molecular complexity index is 1510. The molecule has 212 valence electrons. The number of halogens is 1. The number of aromatic nitrogens is 2. The topological polar surface area (TPSA) is 99.8 Å². The molecule has 1 aliphatic rings. The summed E-state index contributed by atoms with van der Waals surface area (Å²) in [5, 5.41) is 13.7. The molecule has 1 amide bonds. The second kappa shape index (κ2) is 12.4. The number of amides is 1. The van der Waals surface area contributed by atoms with Gasteiger partial charge >= 0.3 is 5.97 Å². The van der Waals surface area contributed by atoms with Crippen molar-refractivity contribution in [3.8, 4) is 22.8 Å². The molecule has 1 fully saturated rings. The number of aliphatic carboxylic acids is 1. The Morgan fingerprint density at radius 3 is 2.20 bits per heavy atom. The van der Waals surface area contributed by atoms with Crippen molar-refractivity contribution in [3.63, 3.8) is 0 Å². The summed E-state index contributed by atoms with van der Waals surface area (Å²) in [4.78, 5) is 33.4. The third kappa shape index (κ3) is 7.05.